The first-order chi connectivity index (χ1) is 9.61. The number of nitrogens with two attached hydrogens (primary N) is 1. The average Bonchev–Trinajstić information content (AvgIpc) is 2.86. The van der Waals surface area contributed by atoms with Crippen molar-refractivity contribution < 1.29 is 14.0 Å². The molecule has 2 amide bonds. The topological polar surface area (TPSA) is 76.5 Å². The summed E-state index contributed by atoms with van der Waals surface area (Å²) in [6, 6.07) is 9.09. The Balaban J connectivity index is 2.22. The minimum Gasteiger partial charge on any atom is -0.451 e. The van der Waals surface area contributed by atoms with Gasteiger partial charge in [-0.3, -0.25) is 9.59 Å². The monoisotopic (exact) mass is 274 g/mol. The predicted molar refractivity (Wildman–Crippen MR) is 76.2 cm³/mol. The number of amides is 2. The predicted octanol–water partition coefficient (Wildman–Crippen LogP) is 2.16. The lowest BCUT2D eigenvalue weighted by atomic mass is 10.2. The second kappa shape index (κ2) is 6.23. The highest BCUT2D eigenvalue weighted by Crippen LogP contribution is 2.20. The third-order valence-electron chi connectivity index (χ3n) is 3.05. The summed E-state index contributed by atoms with van der Waals surface area (Å²) in [5.74, 6) is -0.581. The maximum atomic E-state index is 12.4. The molecule has 0 bridgehead atoms. The summed E-state index contributed by atoms with van der Waals surface area (Å²) >= 11 is 0. The normalized spacial score (nSPS) is 10.7. The van der Waals surface area contributed by atoms with Crippen LogP contribution in [0.4, 0.5) is 0 Å². The molecule has 1 heterocycles. The Morgan fingerprint density at radius 3 is 2.70 bits per heavy atom. The molecule has 5 nitrogen and oxygen atoms in total. The number of carbonyl (C=O) groups is 2. The largest absolute Gasteiger partial charge is 0.451 e. The Kier molecular flexibility index (Phi) is 4.40. The second-order valence-corrected chi connectivity index (χ2v) is 4.70. The minimum absolute atomic E-state index is 0.0874. The Labute approximate surface area is 117 Å². The highest BCUT2D eigenvalue weighted by Gasteiger charge is 2.20. The molecule has 0 radical (unpaired) electrons. The molecule has 20 heavy (non-hydrogen) atoms. The summed E-state index contributed by atoms with van der Waals surface area (Å²) < 4.78 is 5.53. The molecule has 0 unspecified atom stereocenters. The molecule has 0 saturated carbocycles. The molecule has 1 aromatic carbocycles. The number of furan rings is 1. The summed E-state index contributed by atoms with van der Waals surface area (Å²) in [5, 5.41) is 0.866. The van der Waals surface area contributed by atoms with Gasteiger partial charge in [-0.2, -0.15) is 0 Å². The van der Waals surface area contributed by atoms with Gasteiger partial charge in [-0.05, 0) is 18.6 Å². The molecular formula is C15H18N2O3. The smallest absolute Gasteiger partial charge is 0.290 e. The van der Waals surface area contributed by atoms with E-state index in [4.69, 9.17) is 10.2 Å². The zero-order valence-electron chi connectivity index (χ0n) is 11.5. The van der Waals surface area contributed by atoms with Gasteiger partial charge in [-0.15, -0.1) is 0 Å². The average molecular weight is 274 g/mol. The summed E-state index contributed by atoms with van der Waals surface area (Å²) in [5.41, 5.74) is 5.85. The van der Waals surface area contributed by atoms with Crippen LogP contribution < -0.4 is 5.73 Å². The van der Waals surface area contributed by atoms with Crippen LogP contribution in [0.25, 0.3) is 11.0 Å². The van der Waals surface area contributed by atoms with Crippen molar-refractivity contribution in [1.82, 2.24) is 4.90 Å². The fraction of sp³-hybridized carbons (Fsp3) is 0.333. The van der Waals surface area contributed by atoms with Crippen molar-refractivity contribution in [3.05, 3.63) is 36.1 Å². The van der Waals surface area contributed by atoms with Gasteiger partial charge in [0.05, 0.1) is 6.54 Å². The molecule has 0 atom stereocenters. The van der Waals surface area contributed by atoms with Gasteiger partial charge < -0.3 is 15.1 Å². The van der Waals surface area contributed by atoms with E-state index in [9.17, 15) is 9.59 Å². The number of nitrogens with zero attached hydrogens (tertiary/aromatic N) is 1. The zero-order chi connectivity index (χ0) is 14.5. The van der Waals surface area contributed by atoms with Crippen molar-refractivity contribution in [2.75, 3.05) is 13.1 Å². The maximum absolute atomic E-state index is 12.4. The van der Waals surface area contributed by atoms with Gasteiger partial charge in [-0.1, -0.05) is 31.5 Å². The van der Waals surface area contributed by atoms with Crippen molar-refractivity contribution in [1.29, 1.82) is 0 Å². The number of rotatable bonds is 6. The van der Waals surface area contributed by atoms with E-state index in [2.05, 4.69) is 0 Å². The van der Waals surface area contributed by atoms with Gasteiger partial charge in [0.2, 0.25) is 5.91 Å². The lowest BCUT2D eigenvalue weighted by molar-refractivity contribution is -0.118. The molecule has 0 aliphatic heterocycles. The van der Waals surface area contributed by atoms with Gasteiger partial charge in [0, 0.05) is 11.9 Å². The van der Waals surface area contributed by atoms with Crippen LogP contribution in [0, 0.1) is 0 Å². The van der Waals surface area contributed by atoms with Gasteiger partial charge in [0.15, 0.2) is 5.76 Å². The Bertz CT molecular complexity index is 585. The van der Waals surface area contributed by atoms with E-state index < -0.39 is 5.91 Å². The molecule has 0 aliphatic rings. The molecule has 0 aliphatic carbocycles. The summed E-state index contributed by atoms with van der Waals surface area (Å²) in [4.78, 5) is 24.9. The molecule has 0 spiro atoms. The molecule has 5 heteroatoms. The first kappa shape index (κ1) is 14.1. The van der Waals surface area contributed by atoms with E-state index in [0.717, 1.165) is 18.2 Å². The number of primary amides is 1. The van der Waals surface area contributed by atoms with Crippen LogP contribution >= 0.6 is 0 Å². The Hall–Kier alpha value is -2.30. The van der Waals surface area contributed by atoms with Crippen molar-refractivity contribution in [3.8, 4) is 0 Å². The van der Waals surface area contributed by atoms with Crippen molar-refractivity contribution >= 4 is 22.8 Å². The summed E-state index contributed by atoms with van der Waals surface area (Å²) in [7, 11) is 0. The van der Waals surface area contributed by atoms with E-state index in [1.54, 1.807) is 12.1 Å². The fourth-order valence-electron chi connectivity index (χ4n) is 2.03. The van der Waals surface area contributed by atoms with Crippen LogP contribution in [0.15, 0.2) is 34.7 Å². The van der Waals surface area contributed by atoms with E-state index in [0.29, 0.717) is 12.1 Å². The van der Waals surface area contributed by atoms with Crippen LogP contribution in [0.3, 0.4) is 0 Å². The molecule has 106 valence electrons. The highest BCUT2D eigenvalue weighted by molar-refractivity contribution is 5.97. The van der Waals surface area contributed by atoms with Gasteiger partial charge in [-0.25, -0.2) is 0 Å². The van der Waals surface area contributed by atoms with Gasteiger partial charge in [0.1, 0.15) is 5.58 Å². The minimum atomic E-state index is -0.523. The molecule has 1 aromatic heterocycles. The lowest BCUT2D eigenvalue weighted by Crippen LogP contribution is -2.38. The zero-order valence-corrected chi connectivity index (χ0v) is 11.5. The number of hydrogen-bond acceptors (Lipinski definition) is 3. The van der Waals surface area contributed by atoms with Crippen molar-refractivity contribution in [2.45, 2.75) is 19.8 Å². The summed E-state index contributed by atoms with van der Waals surface area (Å²) in [6.07, 6.45) is 1.75. The lowest BCUT2D eigenvalue weighted by Gasteiger charge is -2.19. The van der Waals surface area contributed by atoms with E-state index in [-0.39, 0.29) is 18.2 Å². The molecule has 2 aromatic rings. The van der Waals surface area contributed by atoms with E-state index in [1.807, 2.05) is 25.1 Å². The van der Waals surface area contributed by atoms with Gasteiger partial charge >= 0.3 is 0 Å². The van der Waals surface area contributed by atoms with Crippen LogP contribution in [0.1, 0.15) is 30.3 Å². The number of hydrogen-bond donors (Lipinski definition) is 1. The van der Waals surface area contributed by atoms with E-state index >= 15 is 0 Å². The number of para-hydroxylation sites is 1. The molecule has 2 N–H and O–H groups in total. The first-order valence-corrected chi connectivity index (χ1v) is 6.68. The third kappa shape index (κ3) is 3.17. The Morgan fingerprint density at radius 2 is 2.05 bits per heavy atom. The number of benzene rings is 1. The van der Waals surface area contributed by atoms with Crippen LogP contribution in [-0.2, 0) is 4.79 Å². The molecule has 0 fully saturated rings. The quantitative estimate of drug-likeness (QED) is 0.877. The first-order valence-electron chi connectivity index (χ1n) is 6.68. The van der Waals surface area contributed by atoms with E-state index in [1.165, 1.54) is 4.90 Å². The van der Waals surface area contributed by atoms with Gasteiger partial charge in [0.25, 0.3) is 5.91 Å². The molecule has 2 rings (SSSR count). The SMILES string of the molecule is CCCCN(CC(N)=O)C(=O)c1cc2ccccc2o1. The van der Waals surface area contributed by atoms with Crippen LogP contribution in [0.5, 0.6) is 0 Å². The molecular weight excluding hydrogens is 256 g/mol. The van der Waals surface area contributed by atoms with Crippen LogP contribution in [0.2, 0.25) is 0 Å². The third-order valence-corrected chi connectivity index (χ3v) is 3.05. The molecule has 0 saturated heterocycles. The summed E-state index contributed by atoms with van der Waals surface area (Å²) in [6.45, 7) is 2.43. The standard InChI is InChI=1S/C15H18N2O3/c1-2-3-8-17(10-14(16)18)15(19)13-9-11-6-4-5-7-12(11)20-13/h4-7,9H,2-3,8,10H2,1H3,(H2,16,18). The second-order valence-electron chi connectivity index (χ2n) is 4.70. The fourth-order valence-corrected chi connectivity index (χ4v) is 2.03. The maximum Gasteiger partial charge on any atom is 0.290 e. The highest BCUT2D eigenvalue weighted by atomic mass is 16.3. The van der Waals surface area contributed by atoms with Crippen molar-refractivity contribution in [3.63, 3.8) is 0 Å². The number of carbonyl (C=O) groups excluding carboxylic acids is 2. The number of unbranched alkanes of at least 4 members (excludes halogenated alkanes) is 1. The van der Waals surface area contributed by atoms with Crippen LogP contribution in [-0.4, -0.2) is 29.8 Å². The Morgan fingerprint density at radius 1 is 1.30 bits per heavy atom. The van der Waals surface area contributed by atoms with Crippen molar-refractivity contribution in [2.24, 2.45) is 5.73 Å². The number of fused-ring (bicyclic) bond motifs is 1.